The van der Waals surface area contributed by atoms with Crippen molar-refractivity contribution in [2.75, 3.05) is 0 Å². The van der Waals surface area contributed by atoms with Gasteiger partial charge in [0.1, 0.15) is 0 Å². The molecule has 3 aromatic heterocycles. The predicted molar refractivity (Wildman–Crippen MR) is 117 cm³/mol. The van der Waals surface area contributed by atoms with Crippen molar-refractivity contribution in [1.29, 1.82) is 5.26 Å². The van der Waals surface area contributed by atoms with Crippen LogP contribution in [0.4, 0.5) is 0 Å². The number of benzene rings is 2. The zero-order chi connectivity index (χ0) is 22.1. The minimum Gasteiger partial charge on any atom is -0.512 e. The van der Waals surface area contributed by atoms with Crippen molar-refractivity contribution in [3.63, 3.8) is 0 Å². The molecule has 0 saturated heterocycles. The van der Waals surface area contributed by atoms with Crippen LogP contribution in [0.5, 0.6) is 0 Å². The molecule has 5 aromatic rings. The normalized spacial score (nSPS) is 9.50. The van der Waals surface area contributed by atoms with Gasteiger partial charge in [0.2, 0.25) is 0 Å². The maximum Gasteiger partial charge on any atom is 3.00 e. The number of nitrogens with zero attached hydrogens (tertiary/aromatic N) is 7. The van der Waals surface area contributed by atoms with Gasteiger partial charge in [-0.25, -0.2) is 0 Å². The Labute approximate surface area is 201 Å². The van der Waals surface area contributed by atoms with Gasteiger partial charge < -0.3 is 21.0 Å². The van der Waals surface area contributed by atoms with Crippen LogP contribution in [0.3, 0.4) is 0 Å². The van der Waals surface area contributed by atoms with E-state index in [9.17, 15) is 0 Å². The smallest absolute Gasteiger partial charge is 0.512 e. The van der Waals surface area contributed by atoms with Gasteiger partial charge in [0.15, 0.2) is 0 Å². The summed E-state index contributed by atoms with van der Waals surface area (Å²) in [5.41, 5.74) is 2.92. The molecule has 7 nitrogen and oxygen atoms in total. The molecule has 5 rings (SSSR count). The van der Waals surface area contributed by atoms with E-state index in [1.54, 1.807) is 23.3 Å². The second-order valence-corrected chi connectivity index (χ2v) is 6.40. The Kier molecular flexibility index (Phi) is 9.30. The van der Waals surface area contributed by atoms with E-state index in [0.717, 1.165) is 28.5 Å². The Morgan fingerprint density at radius 1 is 0.781 bits per heavy atom. The number of hydrogen-bond donors (Lipinski definition) is 0. The molecular weight excluding hydrogens is 579 g/mol. The Morgan fingerprint density at radius 2 is 1.41 bits per heavy atom. The summed E-state index contributed by atoms with van der Waals surface area (Å²) in [6.45, 7) is 4.75. The van der Waals surface area contributed by atoms with Gasteiger partial charge >= 0.3 is 20.1 Å². The molecule has 0 bridgehead atoms. The maximum atomic E-state index is 6.25. The Hall–Kier alpha value is -3.79. The molecule has 0 unspecified atom stereocenters. The molecular formula is C24H20IrN7. The van der Waals surface area contributed by atoms with Gasteiger partial charge in [0.25, 0.3) is 0 Å². The van der Waals surface area contributed by atoms with E-state index in [1.165, 1.54) is 0 Å². The van der Waals surface area contributed by atoms with Crippen molar-refractivity contribution in [1.82, 2.24) is 28.9 Å². The van der Waals surface area contributed by atoms with Crippen LogP contribution in [0.15, 0.2) is 85.7 Å². The van der Waals surface area contributed by atoms with E-state index >= 15 is 0 Å². The van der Waals surface area contributed by atoms with Crippen molar-refractivity contribution in [3.8, 4) is 28.5 Å². The number of aryl methyl sites for hydroxylation is 2. The van der Waals surface area contributed by atoms with Crippen molar-refractivity contribution in [2.45, 2.75) is 0 Å². The van der Waals surface area contributed by atoms with E-state index in [0.29, 0.717) is 0 Å². The molecule has 0 spiro atoms. The van der Waals surface area contributed by atoms with Gasteiger partial charge in [-0.1, -0.05) is 11.1 Å². The average molecular weight is 599 g/mol. The minimum atomic E-state index is 0. The number of imidazole rings is 2. The van der Waals surface area contributed by atoms with Crippen LogP contribution in [-0.2, 0) is 34.2 Å². The quantitative estimate of drug-likeness (QED) is 0.294. The molecule has 0 atom stereocenters. The number of para-hydroxylation sites is 1. The zero-order valence-electron chi connectivity index (χ0n) is 17.5. The van der Waals surface area contributed by atoms with Gasteiger partial charge in [-0.05, 0) is 11.8 Å². The third-order valence-corrected chi connectivity index (χ3v) is 4.36. The topological polar surface area (TPSA) is 77.2 Å². The standard InChI is InChI=1S/C14H13N4.C9H7N2.CN.Ir/c1-17-8-6-15-13(17)11-4-3-5-12(10-11)14-16-7-9-18(14)2;1-2-5-9(6-3-1)11-8-4-7-10-11;1-2;/h3-9H,1-2H3;1-5,7-8H;;/q3*-1;+3. The fourth-order valence-corrected chi connectivity index (χ4v) is 2.92. The fraction of sp³-hybridized carbons (Fsp3) is 0.0833. The Balaban J connectivity index is 0.000000224. The van der Waals surface area contributed by atoms with Gasteiger partial charge in [-0.3, -0.25) is 14.6 Å². The largest absolute Gasteiger partial charge is 3.00 e. The predicted octanol–water partition coefficient (Wildman–Crippen LogP) is 4.05. The molecule has 0 saturated carbocycles. The van der Waals surface area contributed by atoms with Gasteiger partial charge in [0, 0.05) is 51.3 Å². The summed E-state index contributed by atoms with van der Waals surface area (Å²) in [6, 6.07) is 22.1. The number of rotatable bonds is 3. The Morgan fingerprint density at radius 3 is 1.84 bits per heavy atom. The first-order valence-corrected chi connectivity index (χ1v) is 9.39. The van der Waals surface area contributed by atoms with E-state index in [4.69, 9.17) is 11.8 Å². The summed E-state index contributed by atoms with van der Waals surface area (Å²) in [5, 5.41) is 10.3. The van der Waals surface area contributed by atoms with E-state index in [2.05, 4.69) is 27.2 Å². The van der Waals surface area contributed by atoms with E-state index < -0.39 is 0 Å². The van der Waals surface area contributed by atoms with Gasteiger partial charge in [0.05, 0.1) is 11.6 Å². The number of aromatic nitrogens is 6. The first kappa shape index (κ1) is 24.5. The third kappa shape index (κ3) is 5.88. The van der Waals surface area contributed by atoms with Crippen LogP contribution in [0.25, 0.3) is 28.5 Å². The molecule has 0 fully saturated rings. The Bertz CT molecular complexity index is 1170. The van der Waals surface area contributed by atoms with Crippen LogP contribution in [0.2, 0.25) is 0 Å². The molecule has 0 amide bonds. The molecule has 0 aliphatic rings. The first-order valence-electron chi connectivity index (χ1n) is 9.39. The molecule has 0 N–H and O–H groups in total. The molecule has 160 valence electrons. The molecule has 32 heavy (non-hydrogen) atoms. The first-order chi connectivity index (χ1) is 15.2. The zero-order valence-corrected chi connectivity index (χ0v) is 19.9. The van der Waals surface area contributed by atoms with Crippen molar-refractivity contribution in [3.05, 3.63) is 104 Å². The van der Waals surface area contributed by atoms with Crippen molar-refractivity contribution >= 4 is 0 Å². The second kappa shape index (κ2) is 12.2. The molecule has 0 radical (unpaired) electrons. The molecule has 2 aromatic carbocycles. The molecule has 0 aliphatic carbocycles. The third-order valence-electron chi connectivity index (χ3n) is 4.36. The van der Waals surface area contributed by atoms with Gasteiger partial charge in [-0.2, -0.15) is 29.4 Å². The van der Waals surface area contributed by atoms with Crippen LogP contribution >= 0.6 is 0 Å². The summed E-state index contributed by atoms with van der Waals surface area (Å²) in [4.78, 5) is 8.67. The van der Waals surface area contributed by atoms with E-state index in [-0.39, 0.29) is 20.1 Å². The average Bonchev–Trinajstić information content (AvgIpc) is 3.59. The molecule has 8 heteroatoms. The monoisotopic (exact) mass is 599 g/mol. The fourth-order valence-electron chi connectivity index (χ4n) is 2.92. The summed E-state index contributed by atoms with van der Waals surface area (Å²) in [7, 11) is 3.95. The van der Waals surface area contributed by atoms with Crippen molar-refractivity contribution < 1.29 is 20.1 Å². The second-order valence-electron chi connectivity index (χ2n) is 6.40. The van der Waals surface area contributed by atoms with E-state index in [1.807, 2.05) is 90.4 Å². The van der Waals surface area contributed by atoms with Crippen LogP contribution in [-0.4, -0.2) is 28.9 Å². The van der Waals surface area contributed by atoms with Gasteiger partial charge in [-0.15, -0.1) is 30.3 Å². The van der Waals surface area contributed by atoms with Crippen LogP contribution in [0.1, 0.15) is 0 Å². The summed E-state index contributed by atoms with van der Waals surface area (Å²) in [6.07, 6.45) is 11.1. The maximum absolute atomic E-state index is 6.25. The summed E-state index contributed by atoms with van der Waals surface area (Å²) in [5.74, 6) is 1.82. The SMILES string of the molecule is Cn1ccnc1-c1[c-]c(-c2nccn2C)ccc1.[C-]#N.[Ir+3].[c-]1ccccc1-n1cccn1. The molecule has 0 aliphatic heterocycles. The van der Waals surface area contributed by atoms with Crippen molar-refractivity contribution in [2.24, 2.45) is 14.1 Å². The minimum absolute atomic E-state index is 0. The van der Waals surface area contributed by atoms with Crippen LogP contribution < -0.4 is 0 Å². The van der Waals surface area contributed by atoms with Crippen LogP contribution in [0, 0.1) is 24.0 Å². The molecule has 3 heterocycles. The summed E-state index contributed by atoms with van der Waals surface area (Å²) >= 11 is 0. The number of hydrogen-bond acceptors (Lipinski definition) is 4. The summed E-state index contributed by atoms with van der Waals surface area (Å²) < 4.78 is 5.74.